The molecular formula is C24H22F2N2O2. The van der Waals surface area contributed by atoms with Crippen molar-refractivity contribution < 1.29 is 18.3 Å². The van der Waals surface area contributed by atoms with Crippen molar-refractivity contribution in [3.63, 3.8) is 0 Å². The van der Waals surface area contributed by atoms with Gasteiger partial charge in [-0.3, -0.25) is 4.98 Å². The fourth-order valence-electron chi connectivity index (χ4n) is 3.64. The highest BCUT2D eigenvalue weighted by molar-refractivity contribution is 5.86. The first-order chi connectivity index (χ1) is 14.5. The number of hydrogen-bond acceptors (Lipinski definition) is 3. The Morgan fingerprint density at radius 2 is 1.73 bits per heavy atom. The largest absolute Gasteiger partial charge is 0.497 e. The van der Waals surface area contributed by atoms with Gasteiger partial charge in [0.05, 0.1) is 12.6 Å². The van der Waals surface area contributed by atoms with E-state index in [1.807, 2.05) is 38.1 Å². The van der Waals surface area contributed by atoms with Crippen molar-refractivity contribution in [2.75, 3.05) is 7.11 Å². The normalized spacial score (nSPS) is 11.1. The molecule has 0 radical (unpaired) electrons. The van der Waals surface area contributed by atoms with Crippen molar-refractivity contribution >= 4 is 11.0 Å². The third kappa shape index (κ3) is 3.85. The number of rotatable bonds is 6. The van der Waals surface area contributed by atoms with Crippen LogP contribution in [0.4, 0.5) is 8.78 Å². The van der Waals surface area contributed by atoms with E-state index in [0.29, 0.717) is 17.9 Å². The number of nitrogens with zero attached hydrogens (tertiary/aromatic N) is 2. The van der Waals surface area contributed by atoms with E-state index in [-0.39, 0.29) is 6.61 Å². The number of pyridine rings is 1. The minimum atomic E-state index is -0.624. The standard InChI is InChI=1S/C24H22F2N2O2/c1-15-16(2)28(13-17-5-4-6-21(11-17)29-3)24-22(7-8-27-23(15)24)30-14-18-9-19(25)12-20(26)10-18/h4-12H,13-14H2,1-3H3. The summed E-state index contributed by atoms with van der Waals surface area (Å²) >= 11 is 0. The van der Waals surface area contributed by atoms with Gasteiger partial charge < -0.3 is 14.0 Å². The number of fused-ring (bicyclic) bond motifs is 1. The SMILES string of the molecule is COc1cccc(Cn2c(C)c(C)c3nccc(OCc4cc(F)cc(F)c4)c32)c1. The van der Waals surface area contributed by atoms with Gasteiger partial charge in [-0.1, -0.05) is 12.1 Å². The molecule has 2 aromatic heterocycles. The van der Waals surface area contributed by atoms with Gasteiger partial charge in [0.25, 0.3) is 0 Å². The Morgan fingerprint density at radius 1 is 0.967 bits per heavy atom. The molecule has 0 saturated heterocycles. The van der Waals surface area contributed by atoms with Crippen LogP contribution in [-0.4, -0.2) is 16.7 Å². The molecule has 0 aliphatic carbocycles. The summed E-state index contributed by atoms with van der Waals surface area (Å²) in [5, 5.41) is 0. The molecular weight excluding hydrogens is 386 g/mol. The lowest BCUT2D eigenvalue weighted by atomic mass is 10.2. The zero-order valence-corrected chi connectivity index (χ0v) is 17.1. The Hall–Kier alpha value is -3.41. The average Bonchev–Trinajstić information content (AvgIpc) is 2.97. The summed E-state index contributed by atoms with van der Waals surface area (Å²) in [4.78, 5) is 4.54. The molecule has 2 heterocycles. The minimum Gasteiger partial charge on any atom is -0.497 e. The number of methoxy groups -OCH3 is 1. The van der Waals surface area contributed by atoms with Gasteiger partial charge in [0, 0.05) is 30.6 Å². The van der Waals surface area contributed by atoms with Gasteiger partial charge in [-0.25, -0.2) is 8.78 Å². The van der Waals surface area contributed by atoms with E-state index in [1.165, 1.54) is 12.1 Å². The van der Waals surface area contributed by atoms with E-state index in [1.54, 1.807) is 19.4 Å². The Morgan fingerprint density at radius 3 is 2.47 bits per heavy atom. The fraction of sp³-hybridized carbons (Fsp3) is 0.208. The van der Waals surface area contributed by atoms with Crippen LogP contribution in [0.25, 0.3) is 11.0 Å². The number of benzene rings is 2. The van der Waals surface area contributed by atoms with Crippen molar-refractivity contribution in [3.8, 4) is 11.5 Å². The number of halogens is 2. The third-order valence-electron chi connectivity index (χ3n) is 5.25. The predicted octanol–water partition coefficient (Wildman–Crippen LogP) is 5.57. The molecule has 4 rings (SSSR count). The molecule has 0 aliphatic heterocycles. The molecule has 4 aromatic rings. The molecule has 0 aliphatic rings. The van der Waals surface area contributed by atoms with Crippen LogP contribution in [-0.2, 0) is 13.2 Å². The van der Waals surface area contributed by atoms with E-state index in [9.17, 15) is 8.78 Å². The second-order valence-electron chi connectivity index (χ2n) is 7.22. The number of hydrogen-bond donors (Lipinski definition) is 0. The van der Waals surface area contributed by atoms with Crippen LogP contribution in [0.3, 0.4) is 0 Å². The Labute approximate surface area is 173 Å². The zero-order chi connectivity index (χ0) is 21.3. The predicted molar refractivity (Wildman–Crippen MR) is 112 cm³/mol. The zero-order valence-electron chi connectivity index (χ0n) is 17.1. The topological polar surface area (TPSA) is 36.3 Å². The van der Waals surface area contributed by atoms with E-state index in [0.717, 1.165) is 39.7 Å². The maximum absolute atomic E-state index is 13.5. The molecule has 30 heavy (non-hydrogen) atoms. The highest BCUT2D eigenvalue weighted by atomic mass is 19.1. The highest BCUT2D eigenvalue weighted by Gasteiger charge is 2.17. The lowest BCUT2D eigenvalue weighted by Gasteiger charge is -2.13. The molecule has 6 heteroatoms. The van der Waals surface area contributed by atoms with Crippen molar-refractivity contribution in [3.05, 3.63) is 88.7 Å². The minimum absolute atomic E-state index is 0.0518. The average molecular weight is 408 g/mol. The molecule has 0 saturated carbocycles. The van der Waals surface area contributed by atoms with Gasteiger partial charge in [0.2, 0.25) is 0 Å². The van der Waals surface area contributed by atoms with Gasteiger partial charge in [-0.15, -0.1) is 0 Å². The molecule has 0 spiro atoms. The second kappa shape index (κ2) is 8.14. The fourth-order valence-corrected chi connectivity index (χ4v) is 3.64. The Bertz CT molecular complexity index is 1200. The number of aryl methyl sites for hydroxylation is 1. The van der Waals surface area contributed by atoms with Gasteiger partial charge in [-0.2, -0.15) is 0 Å². The van der Waals surface area contributed by atoms with Crippen LogP contribution in [0.5, 0.6) is 11.5 Å². The first kappa shape index (κ1) is 19.9. The van der Waals surface area contributed by atoms with Gasteiger partial charge >= 0.3 is 0 Å². The smallest absolute Gasteiger partial charge is 0.147 e. The lowest BCUT2D eigenvalue weighted by Crippen LogP contribution is -2.05. The number of ether oxygens (including phenoxy) is 2. The first-order valence-corrected chi connectivity index (χ1v) is 9.61. The maximum Gasteiger partial charge on any atom is 0.147 e. The summed E-state index contributed by atoms with van der Waals surface area (Å²) < 4.78 is 40.5. The van der Waals surface area contributed by atoms with Gasteiger partial charge in [0.1, 0.15) is 35.3 Å². The van der Waals surface area contributed by atoms with Crippen LogP contribution in [0.1, 0.15) is 22.4 Å². The maximum atomic E-state index is 13.5. The summed E-state index contributed by atoms with van der Waals surface area (Å²) in [6.07, 6.45) is 1.69. The van der Waals surface area contributed by atoms with Crippen LogP contribution >= 0.6 is 0 Å². The van der Waals surface area contributed by atoms with Crippen molar-refractivity contribution in [1.29, 1.82) is 0 Å². The Balaban J connectivity index is 1.72. The summed E-state index contributed by atoms with van der Waals surface area (Å²) in [6.45, 7) is 4.74. The molecule has 0 atom stereocenters. The van der Waals surface area contributed by atoms with Gasteiger partial charge in [0.15, 0.2) is 0 Å². The van der Waals surface area contributed by atoms with Crippen LogP contribution in [0.2, 0.25) is 0 Å². The second-order valence-corrected chi connectivity index (χ2v) is 7.22. The first-order valence-electron chi connectivity index (χ1n) is 9.61. The van der Waals surface area contributed by atoms with Crippen LogP contribution < -0.4 is 9.47 Å². The van der Waals surface area contributed by atoms with E-state index in [4.69, 9.17) is 9.47 Å². The molecule has 154 valence electrons. The van der Waals surface area contributed by atoms with E-state index >= 15 is 0 Å². The summed E-state index contributed by atoms with van der Waals surface area (Å²) in [6, 6.07) is 13.1. The summed E-state index contributed by atoms with van der Waals surface area (Å²) in [7, 11) is 1.64. The van der Waals surface area contributed by atoms with E-state index < -0.39 is 11.6 Å². The van der Waals surface area contributed by atoms with E-state index in [2.05, 4.69) is 9.55 Å². The van der Waals surface area contributed by atoms with Crippen molar-refractivity contribution in [1.82, 2.24) is 9.55 Å². The summed E-state index contributed by atoms with van der Waals surface area (Å²) in [5.74, 6) is 0.160. The quantitative estimate of drug-likeness (QED) is 0.419. The van der Waals surface area contributed by atoms with Crippen molar-refractivity contribution in [2.45, 2.75) is 27.0 Å². The Kier molecular flexibility index (Phi) is 5.40. The third-order valence-corrected chi connectivity index (χ3v) is 5.25. The molecule has 0 amide bonds. The van der Waals surface area contributed by atoms with Crippen LogP contribution in [0, 0.1) is 25.5 Å². The number of aromatic nitrogens is 2. The molecule has 0 bridgehead atoms. The monoisotopic (exact) mass is 408 g/mol. The molecule has 0 unspecified atom stereocenters. The molecule has 0 fully saturated rings. The van der Waals surface area contributed by atoms with Crippen LogP contribution in [0.15, 0.2) is 54.7 Å². The molecule has 4 nitrogen and oxygen atoms in total. The van der Waals surface area contributed by atoms with Crippen molar-refractivity contribution in [2.24, 2.45) is 0 Å². The highest BCUT2D eigenvalue weighted by Crippen LogP contribution is 2.32. The summed E-state index contributed by atoms with van der Waals surface area (Å²) in [5.41, 5.74) is 5.35. The molecule has 0 N–H and O–H groups in total. The van der Waals surface area contributed by atoms with Gasteiger partial charge in [-0.05, 0) is 54.8 Å². The molecule has 2 aromatic carbocycles. The lowest BCUT2D eigenvalue weighted by molar-refractivity contribution is 0.307.